The maximum absolute atomic E-state index is 2.60. The van der Waals surface area contributed by atoms with Crippen molar-refractivity contribution >= 4 is 79.0 Å². The van der Waals surface area contributed by atoms with E-state index in [1.165, 1.54) is 165 Å². The molecule has 4 aliphatic rings. The Hall–Kier alpha value is -9.90. The first-order valence-corrected chi connectivity index (χ1v) is 33.3. The van der Waals surface area contributed by atoms with Crippen LogP contribution in [0.5, 0.6) is 0 Å². The van der Waals surface area contributed by atoms with Crippen molar-refractivity contribution in [3.63, 3.8) is 0 Å². The summed E-state index contributed by atoms with van der Waals surface area (Å²) in [5.74, 6) is 0. The van der Waals surface area contributed by atoms with E-state index in [1.807, 2.05) is 0 Å². The quantitative estimate of drug-likeness (QED) is 0.141. The van der Waals surface area contributed by atoms with Gasteiger partial charge in [-0.15, -0.1) is 0 Å². The van der Waals surface area contributed by atoms with Gasteiger partial charge in [0.05, 0.1) is 11.0 Å². The fraction of sp³-hybridized carbons (Fsp3) is 0.182. The molecule has 0 amide bonds. The van der Waals surface area contributed by atoms with Gasteiger partial charge in [0.15, 0.2) is 0 Å². The molecule has 3 nitrogen and oxygen atoms in total. The Kier molecular flexibility index (Phi) is 12.7. The van der Waals surface area contributed by atoms with Crippen molar-refractivity contribution in [1.82, 2.24) is 4.57 Å². The first kappa shape index (κ1) is 56.1. The van der Waals surface area contributed by atoms with Gasteiger partial charge in [-0.1, -0.05) is 250 Å². The van der Waals surface area contributed by atoms with E-state index >= 15 is 0 Å². The maximum Gasteiger partial charge on any atom is 0.252 e. The SMILES string of the molecule is CC1(C)CCC(C)(C)c2cc(-c3ccc(N4c5cc(-c6ccccc6)ccc5B5c6ccc(-n7c8ccccc8c8cc(-c9ccccc9)ccc87)cc6N(c6ccc(-c7ccc8c(c7)C(C)(C)CCC8(C)C)cc6)c6cc(-c7ccccc7)cc4c65)cc3)ccc21. The van der Waals surface area contributed by atoms with E-state index in [0.29, 0.717) is 0 Å². The number of fused-ring (bicyclic) bond motifs is 9. The van der Waals surface area contributed by atoms with Gasteiger partial charge in [-0.05, 0) is 214 Å². The van der Waals surface area contributed by atoms with Gasteiger partial charge in [-0.3, -0.25) is 0 Å². The lowest BCUT2D eigenvalue weighted by atomic mass is 9.33. The molecular formula is C88H76BN3. The van der Waals surface area contributed by atoms with E-state index in [-0.39, 0.29) is 28.4 Å². The largest absolute Gasteiger partial charge is 0.311 e. The molecule has 92 heavy (non-hydrogen) atoms. The van der Waals surface area contributed by atoms with E-state index in [2.05, 4.69) is 337 Å². The summed E-state index contributed by atoms with van der Waals surface area (Å²) in [5.41, 5.74) is 32.9. The third kappa shape index (κ3) is 8.99. The predicted molar refractivity (Wildman–Crippen MR) is 393 cm³/mol. The van der Waals surface area contributed by atoms with Crippen molar-refractivity contribution in [1.29, 1.82) is 0 Å². The van der Waals surface area contributed by atoms with E-state index in [0.717, 1.165) is 17.1 Å². The van der Waals surface area contributed by atoms with Crippen LogP contribution in [0.2, 0.25) is 0 Å². The monoisotopic (exact) mass is 1190 g/mol. The highest BCUT2D eigenvalue weighted by atomic mass is 15.2. The third-order valence-corrected chi connectivity index (χ3v) is 21.9. The molecule has 0 unspecified atom stereocenters. The number of aromatic nitrogens is 1. The zero-order chi connectivity index (χ0) is 62.4. The third-order valence-electron chi connectivity index (χ3n) is 21.9. The molecule has 2 aliphatic carbocycles. The average molecular weight is 1190 g/mol. The van der Waals surface area contributed by atoms with Crippen LogP contribution >= 0.6 is 0 Å². The summed E-state index contributed by atoms with van der Waals surface area (Å²) in [6.45, 7) is 19.3. The molecule has 0 bridgehead atoms. The van der Waals surface area contributed by atoms with E-state index in [4.69, 9.17) is 0 Å². The van der Waals surface area contributed by atoms with E-state index in [9.17, 15) is 0 Å². The Bertz CT molecular complexity index is 5090. The first-order valence-electron chi connectivity index (χ1n) is 33.3. The molecule has 446 valence electrons. The molecule has 0 fully saturated rings. The van der Waals surface area contributed by atoms with Gasteiger partial charge in [0.1, 0.15) is 0 Å². The van der Waals surface area contributed by atoms with Crippen LogP contribution in [-0.2, 0) is 21.7 Å². The van der Waals surface area contributed by atoms with Crippen LogP contribution in [0.15, 0.2) is 267 Å². The zero-order valence-electron chi connectivity index (χ0n) is 54.2. The number of benzene rings is 12. The minimum absolute atomic E-state index is 0.0995. The summed E-state index contributed by atoms with van der Waals surface area (Å²) < 4.78 is 2.50. The first-order chi connectivity index (χ1) is 44.6. The Morgan fingerprint density at radius 1 is 0.261 bits per heavy atom. The number of para-hydroxylation sites is 1. The molecule has 0 saturated carbocycles. The average Bonchev–Trinajstić information content (AvgIpc) is 0.728. The second-order valence-corrected chi connectivity index (χ2v) is 29.4. The summed E-state index contributed by atoms with van der Waals surface area (Å²) in [6, 6.07) is 102. The number of hydrogen-bond donors (Lipinski definition) is 0. The normalized spacial score (nSPS) is 16.2. The topological polar surface area (TPSA) is 11.4 Å². The fourth-order valence-corrected chi connectivity index (χ4v) is 16.5. The Labute approximate surface area is 543 Å². The summed E-state index contributed by atoms with van der Waals surface area (Å²) >= 11 is 0. The Morgan fingerprint density at radius 3 is 1.14 bits per heavy atom. The smallest absolute Gasteiger partial charge is 0.252 e. The van der Waals surface area contributed by atoms with Crippen molar-refractivity contribution in [3.05, 3.63) is 289 Å². The van der Waals surface area contributed by atoms with Gasteiger partial charge in [-0.2, -0.15) is 0 Å². The van der Waals surface area contributed by atoms with Gasteiger partial charge >= 0.3 is 0 Å². The molecule has 0 atom stereocenters. The Morgan fingerprint density at radius 2 is 0.620 bits per heavy atom. The van der Waals surface area contributed by atoms with E-state index in [1.54, 1.807) is 0 Å². The molecule has 2 aliphatic heterocycles. The lowest BCUT2D eigenvalue weighted by molar-refractivity contribution is 0.332. The second-order valence-electron chi connectivity index (χ2n) is 29.4. The van der Waals surface area contributed by atoms with Crippen molar-refractivity contribution < 1.29 is 0 Å². The molecule has 0 saturated heterocycles. The van der Waals surface area contributed by atoms with Crippen molar-refractivity contribution in [2.75, 3.05) is 9.80 Å². The molecule has 13 aromatic rings. The van der Waals surface area contributed by atoms with Crippen LogP contribution in [0.4, 0.5) is 34.1 Å². The minimum atomic E-state index is -0.0995. The molecule has 4 heteroatoms. The second kappa shape index (κ2) is 20.8. The van der Waals surface area contributed by atoms with Gasteiger partial charge in [-0.25, -0.2) is 0 Å². The summed E-state index contributed by atoms with van der Waals surface area (Å²) in [4.78, 5) is 5.20. The minimum Gasteiger partial charge on any atom is -0.311 e. The molecule has 17 rings (SSSR count). The van der Waals surface area contributed by atoms with E-state index < -0.39 is 0 Å². The highest BCUT2D eigenvalue weighted by molar-refractivity contribution is 7.00. The maximum atomic E-state index is 2.60. The Balaban J connectivity index is 0.898. The lowest BCUT2D eigenvalue weighted by Gasteiger charge is -2.44. The van der Waals surface area contributed by atoms with Crippen LogP contribution in [0.1, 0.15) is 103 Å². The van der Waals surface area contributed by atoms with Crippen LogP contribution in [0, 0.1) is 0 Å². The molecular weight excluding hydrogens is 1110 g/mol. The van der Waals surface area contributed by atoms with Crippen LogP contribution in [0.3, 0.4) is 0 Å². The lowest BCUT2D eigenvalue weighted by Crippen LogP contribution is -2.61. The van der Waals surface area contributed by atoms with Crippen molar-refractivity contribution in [3.8, 4) is 61.3 Å². The van der Waals surface area contributed by atoms with Crippen molar-refractivity contribution in [2.24, 2.45) is 0 Å². The van der Waals surface area contributed by atoms with Crippen molar-refractivity contribution in [2.45, 2.75) is 103 Å². The zero-order valence-corrected chi connectivity index (χ0v) is 54.2. The summed E-state index contributed by atoms with van der Waals surface area (Å²) in [7, 11) is 0. The summed E-state index contributed by atoms with van der Waals surface area (Å²) in [5, 5.41) is 2.48. The predicted octanol–water partition coefficient (Wildman–Crippen LogP) is 21.9. The van der Waals surface area contributed by atoms with Gasteiger partial charge in [0.2, 0.25) is 0 Å². The number of rotatable bonds is 8. The molecule has 0 N–H and O–H groups in total. The molecule has 0 spiro atoms. The standard InChI is InChI=1S/C88H76BN3/c1-85(2)46-48-87(5,6)74-51-63(32-41-72(74)85)60-28-36-67(37-29-60)90-80-53-65(58-22-14-10-15-23-58)34-43-76(80)89-77-44-40-69(92-78-27-19-18-26-70(78)71-50-62(35-45-79(71)92)57-20-12-9-13-21-57)56-81(77)91(83-55-66(54-82(90)84(83)89)59-24-16-11-17-25-59)68-38-30-61(31-39-68)64-33-42-73-75(52-64)88(7,8)49-47-86(73,3)4/h9-45,50-56H,46-49H2,1-8H3. The molecule has 3 heterocycles. The molecule has 1 aromatic heterocycles. The molecule has 12 aromatic carbocycles. The number of anilines is 6. The van der Waals surface area contributed by atoms with Gasteiger partial charge < -0.3 is 14.4 Å². The van der Waals surface area contributed by atoms with Gasteiger partial charge in [0, 0.05) is 50.6 Å². The summed E-state index contributed by atoms with van der Waals surface area (Å²) in [6.07, 6.45) is 4.75. The van der Waals surface area contributed by atoms with Gasteiger partial charge in [0.25, 0.3) is 6.71 Å². The number of nitrogens with zero attached hydrogens (tertiary/aromatic N) is 3. The highest BCUT2D eigenvalue weighted by Crippen LogP contribution is 2.52. The van der Waals surface area contributed by atoms with Crippen LogP contribution in [-0.4, -0.2) is 11.3 Å². The number of hydrogen-bond acceptors (Lipinski definition) is 2. The highest BCUT2D eigenvalue weighted by Gasteiger charge is 2.45. The van der Waals surface area contributed by atoms with Crippen LogP contribution < -0.4 is 26.2 Å². The fourth-order valence-electron chi connectivity index (χ4n) is 16.5. The molecule has 0 radical (unpaired) electrons. The van der Waals surface area contributed by atoms with Crippen LogP contribution in [0.25, 0.3) is 83.1 Å².